The largest absolute Gasteiger partial charge is 0.466 e. The van der Waals surface area contributed by atoms with Crippen molar-refractivity contribution in [2.24, 2.45) is 11.8 Å². The number of carbonyl (C=O) groups is 2. The predicted molar refractivity (Wildman–Crippen MR) is 71.5 cm³/mol. The van der Waals surface area contributed by atoms with Gasteiger partial charge in [0.1, 0.15) is 0 Å². The maximum Gasteiger partial charge on any atom is 0.310 e. The minimum absolute atomic E-state index is 0.106. The second kappa shape index (κ2) is 6.89. The Balaban J connectivity index is 1.72. The van der Waals surface area contributed by atoms with Crippen LogP contribution in [-0.2, 0) is 14.3 Å². The first-order valence-corrected chi connectivity index (χ1v) is 7.35. The molecule has 1 saturated heterocycles. The molecule has 1 N–H and O–H groups in total. The Morgan fingerprint density at radius 2 is 2.11 bits per heavy atom. The van der Waals surface area contributed by atoms with Crippen LogP contribution in [0.3, 0.4) is 0 Å². The average Bonchev–Trinajstić information content (AvgIpc) is 3.23. The first-order valence-electron chi connectivity index (χ1n) is 7.35. The summed E-state index contributed by atoms with van der Waals surface area (Å²) in [7, 11) is 0. The van der Waals surface area contributed by atoms with Crippen molar-refractivity contribution in [2.75, 3.05) is 32.8 Å². The van der Waals surface area contributed by atoms with Gasteiger partial charge in [0.2, 0.25) is 5.91 Å². The maximum atomic E-state index is 12.0. The molecule has 5 nitrogen and oxygen atoms in total. The van der Waals surface area contributed by atoms with Gasteiger partial charge in [-0.1, -0.05) is 0 Å². The first kappa shape index (κ1) is 14.3. The highest BCUT2D eigenvalue weighted by Gasteiger charge is 2.29. The third-order valence-corrected chi connectivity index (χ3v) is 3.80. The first-order chi connectivity index (χ1) is 9.20. The SMILES string of the molecule is CCOC(=O)C1CCCN(C(=O)CNCC2CC2)C1. The van der Waals surface area contributed by atoms with Crippen molar-refractivity contribution in [3.63, 3.8) is 0 Å². The van der Waals surface area contributed by atoms with Crippen LogP contribution in [0.4, 0.5) is 0 Å². The van der Waals surface area contributed by atoms with Crippen LogP contribution in [0.1, 0.15) is 32.6 Å². The zero-order valence-electron chi connectivity index (χ0n) is 11.7. The van der Waals surface area contributed by atoms with Crippen molar-refractivity contribution in [3.8, 4) is 0 Å². The van der Waals surface area contributed by atoms with E-state index in [0.29, 0.717) is 19.7 Å². The molecule has 0 radical (unpaired) electrons. The quantitative estimate of drug-likeness (QED) is 0.724. The Labute approximate surface area is 114 Å². The molecule has 1 unspecified atom stereocenters. The lowest BCUT2D eigenvalue weighted by atomic mass is 9.98. The van der Waals surface area contributed by atoms with Gasteiger partial charge >= 0.3 is 5.97 Å². The van der Waals surface area contributed by atoms with Gasteiger partial charge in [-0.3, -0.25) is 9.59 Å². The van der Waals surface area contributed by atoms with Gasteiger partial charge in [0.05, 0.1) is 19.1 Å². The molecule has 1 amide bonds. The average molecular weight is 268 g/mol. The second-order valence-corrected chi connectivity index (χ2v) is 5.51. The number of rotatable bonds is 6. The van der Waals surface area contributed by atoms with Gasteiger partial charge in [-0.2, -0.15) is 0 Å². The van der Waals surface area contributed by atoms with Crippen molar-refractivity contribution in [2.45, 2.75) is 32.6 Å². The fourth-order valence-electron chi connectivity index (χ4n) is 2.47. The fourth-order valence-corrected chi connectivity index (χ4v) is 2.47. The van der Waals surface area contributed by atoms with Crippen LogP contribution in [0.2, 0.25) is 0 Å². The molecule has 0 aromatic carbocycles. The van der Waals surface area contributed by atoms with Gasteiger partial charge in [-0.25, -0.2) is 0 Å². The molecule has 0 spiro atoms. The van der Waals surface area contributed by atoms with Crippen molar-refractivity contribution < 1.29 is 14.3 Å². The monoisotopic (exact) mass is 268 g/mol. The number of hydrogen-bond donors (Lipinski definition) is 1. The number of amides is 1. The number of hydrogen-bond acceptors (Lipinski definition) is 4. The number of nitrogens with one attached hydrogen (secondary N) is 1. The molecular weight excluding hydrogens is 244 g/mol. The van der Waals surface area contributed by atoms with E-state index in [4.69, 9.17) is 4.74 Å². The third-order valence-electron chi connectivity index (χ3n) is 3.80. The summed E-state index contributed by atoms with van der Waals surface area (Å²) in [5.74, 6) is 0.586. The number of ether oxygens (including phenoxy) is 1. The molecule has 2 rings (SSSR count). The molecule has 0 aromatic heterocycles. The van der Waals surface area contributed by atoms with Crippen molar-refractivity contribution >= 4 is 11.9 Å². The fraction of sp³-hybridized carbons (Fsp3) is 0.857. The molecule has 1 aliphatic carbocycles. The van der Waals surface area contributed by atoms with E-state index in [2.05, 4.69) is 5.32 Å². The van der Waals surface area contributed by atoms with Crippen LogP contribution >= 0.6 is 0 Å². The predicted octanol–water partition coefficient (Wildman–Crippen LogP) is 0.788. The van der Waals surface area contributed by atoms with Gasteiger partial charge in [0.15, 0.2) is 0 Å². The van der Waals surface area contributed by atoms with E-state index in [0.717, 1.165) is 31.8 Å². The summed E-state index contributed by atoms with van der Waals surface area (Å²) >= 11 is 0. The summed E-state index contributed by atoms with van der Waals surface area (Å²) in [6, 6.07) is 0. The van der Waals surface area contributed by atoms with E-state index < -0.39 is 0 Å². The minimum Gasteiger partial charge on any atom is -0.466 e. The third kappa shape index (κ3) is 4.49. The van der Waals surface area contributed by atoms with Crippen molar-refractivity contribution in [1.29, 1.82) is 0 Å². The van der Waals surface area contributed by atoms with Crippen LogP contribution in [0.15, 0.2) is 0 Å². The van der Waals surface area contributed by atoms with E-state index >= 15 is 0 Å². The number of piperidine rings is 1. The zero-order valence-corrected chi connectivity index (χ0v) is 11.7. The van der Waals surface area contributed by atoms with Gasteiger partial charge in [-0.15, -0.1) is 0 Å². The summed E-state index contributed by atoms with van der Waals surface area (Å²) in [6.07, 6.45) is 4.29. The van der Waals surface area contributed by atoms with E-state index in [9.17, 15) is 9.59 Å². The normalized spacial score (nSPS) is 23.2. The van der Waals surface area contributed by atoms with Gasteiger partial charge in [-0.05, 0) is 45.1 Å². The Morgan fingerprint density at radius 1 is 1.32 bits per heavy atom. The molecular formula is C14H24N2O3. The molecule has 0 aromatic rings. The molecule has 1 heterocycles. The molecule has 5 heteroatoms. The van der Waals surface area contributed by atoms with Crippen LogP contribution in [0.5, 0.6) is 0 Å². The molecule has 0 bridgehead atoms. The van der Waals surface area contributed by atoms with Crippen LogP contribution in [0.25, 0.3) is 0 Å². The molecule has 108 valence electrons. The summed E-state index contributed by atoms with van der Waals surface area (Å²) in [5.41, 5.74) is 0. The van der Waals surface area contributed by atoms with E-state index in [1.807, 2.05) is 6.92 Å². The second-order valence-electron chi connectivity index (χ2n) is 5.51. The standard InChI is InChI=1S/C14H24N2O3/c1-2-19-14(18)12-4-3-7-16(10-12)13(17)9-15-8-11-5-6-11/h11-12,15H,2-10H2,1H3. The smallest absolute Gasteiger partial charge is 0.310 e. The highest BCUT2D eigenvalue weighted by molar-refractivity contribution is 5.80. The highest BCUT2D eigenvalue weighted by Crippen LogP contribution is 2.27. The Bertz CT molecular complexity index is 329. The summed E-state index contributed by atoms with van der Waals surface area (Å²) < 4.78 is 5.04. The number of esters is 1. The number of carbonyl (C=O) groups excluding carboxylic acids is 2. The van der Waals surface area contributed by atoms with E-state index in [1.165, 1.54) is 12.8 Å². The van der Waals surface area contributed by atoms with Crippen molar-refractivity contribution in [1.82, 2.24) is 10.2 Å². The van der Waals surface area contributed by atoms with Gasteiger partial charge < -0.3 is 15.0 Å². The molecule has 2 fully saturated rings. The summed E-state index contributed by atoms with van der Waals surface area (Å²) in [5, 5.41) is 3.21. The molecule has 19 heavy (non-hydrogen) atoms. The maximum absolute atomic E-state index is 12.0. The Kier molecular flexibility index (Phi) is 5.19. The van der Waals surface area contributed by atoms with Crippen LogP contribution < -0.4 is 5.32 Å². The van der Waals surface area contributed by atoms with Gasteiger partial charge in [0, 0.05) is 13.1 Å². The summed E-state index contributed by atoms with van der Waals surface area (Å²) in [6.45, 7) is 4.84. The molecule has 1 atom stereocenters. The lowest BCUT2D eigenvalue weighted by molar-refractivity contribution is -0.151. The van der Waals surface area contributed by atoms with E-state index in [-0.39, 0.29) is 17.8 Å². The lowest BCUT2D eigenvalue weighted by Gasteiger charge is -2.31. The van der Waals surface area contributed by atoms with Crippen LogP contribution in [-0.4, -0.2) is 49.6 Å². The highest BCUT2D eigenvalue weighted by atomic mass is 16.5. The Morgan fingerprint density at radius 3 is 2.79 bits per heavy atom. The van der Waals surface area contributed by atoms with Crippen LogP contribution in [0, 0.1) is 11.8 Å². The Hall–Kier alpha value is -1.10. The zero-order chi connectivity index (χ0) is 13.7. The molecule has 1 aliphatic heterocycles. The van der Waals surface area contributed by atoms with Crippen molar-refractivity contribution in [3.05, 3.63) is 0 Å². The topological polar surface area (TPSA) is 58.6 Å². The number of nitrogens with zero attached hydrogens (tertiary/aromatic N) is 1. The van der Waals surface area contributed by atoms with Gasteiger partial charge in [0.25, 0.3) is 0 Å². The molecule has 1 saturated carbocycles. The number of likely N-dealkylation sites (tertiary alicyclic amines) is 1. The molecule has 2 aliphatic rings. The van der Waals surface area contributed by atoms with E-state index in [1.54, 1.807) is 4.90 Å². The summed E-state index contributed by atoms with van der Waals surface area (Å²) in [4.78, 5) is 25.5. The minimum atomic E-state index is -0.161. The lowest BCUT2D eigenvalue weighted by Crippen LogP contribution is -2.46.